The fourth-order valence-electron chi connectivity index (χ4n) is 2.75. The Morgan fingerprint density at radius 1 is 1.18 bits per heavy atom. The Hall–Kier alpha value is -1.76. The summed E-state index contributed by atoms with van der Waals surface area (Å²) in [4.78, 5) is 22.6. The van der Waals surface area contributed by atoms with E-state index < -0.39 is 0 Å². The van der Waals surface area contributed by atoms with Gasteiger partial charge in [0.1, 0.15) is 0 Å². The number of nitrogens with zero attached hydrogens (tertiary/aromatic N) is 5. The molecule has 0 aromatic carbocycles. The average Bonchev–Trinajstić information content (AvgIpc) is 3.30. The van der Waals surface area contributed by atoms with E-state index in [1.54, 1.807) is 23.1 Å². The van der Waals surface area contributed by atoms with Crippen LogP contribution in [-0.4, -0.2) is 32.8 Å². The zero-order chi connectivity index (χ0) is 15.1. The Balaban J connectivity index is 1.40. The number of rotatable bonds is 4. The Bertz CT molecular complexity index is 734. The van der Waals surface area contributed by atoms with E-state index in [9.17, 15) is 4.79 Å². The highest BCUT2D eigenvalue weighted by Crippen LogP contribution is 2.38. The van der Waals surface area contributed by atoms with E-state index >= 15 is 0 Å². The number of anilines is 1. The van der Waals surface area contributed by atoms with Crippen molar-refractivity contribution in [2.24, 2.45) is 5.92 Å². The lowest BCUT2D eigenvalue weighted by atomic mass is 10.0. The fraction of sp³-hybridized carbons (Fsp3) is 0.467. The first-order valence-electron chi connectivity index (χ1n) is 7.49. The van der Waals surface area contributed by atoms with Crippen molar-refractivity contribution in [3.63, 3.8) is 0 Å². The van der Waals surface area contributed by atoms with Crippen LogP contribution in [0, 0.1) is 5.92 Å². The summed E-state index contributed by atoms with van der Waals surface area (Å²) in [6, 6.07) is 3.52. The van der Waals surface area contributed by atoms with Gasteiger partial charge in [-0.1, -0.05) is 0 Å². The van der Waals surface area contributed by atoms with E-state index in [-0.39, 0.29) is 5.56 Å². The molecule has 7 heteroatoms. The molecule has 2 fully saturated rings. The third-order valence-corrected chi connectivity index (χ3v) is 4.57. The molecule has 1 aliphatic carbocycles. The van der Waals surface area contributed by atoms with E-state index in [0.29, 0.717) is 18.4 Å². The number of aromatic nitrogens is 4. The minimum Gasteiger partial charge on any atom is -0.340 e. The minimum atomic E-state index is -0.0114. The van der Waals surface area contributed by atoms with Gasteiger partial charge in [0, 0.05) is 43.4 Å². The maximum Gasteiger partial charge on any atom is 0.266 e. The molecule has 2 aliphatic rings. The van der Waals surface area contributed by atoms with Crippen LogP contribution in [0.3, 0.4) is 0 Å². The van der Waals surface area contributed by atoms with Crippen molar-refractivity contribution in [1.82, 2.24) is 19.7 Å². The highest BCUT2D eigenvalue weighted by Gasteiger charge is 2.30. The Morgan fingerprint density at radius 3 is 2.59 bits per heavy atom. The smallest absolute Gasteiger partial charge is 0.266 e. The van der Waals surface area contributed by atoms with Crippen molar-refractivity contribution in [2.45, 2.75) is 25.3 Å². The van der Waals surface area contributed by atoms with Crippen LogP contribution in [0.2, 0.25) is 0 Å². The molecule has 0 unspecified atom stereocenters. The zero-order valence-electron chi connectivity index (χ0n) is 12.0. The summed E-state index contributed by atoms with van der Waals surface area (Å²) in [5.41, 5.74) is 1.05. The minimum absolute atomic E-state index is 0.0114. The van der Waals surface area contributed by atoms with Gasteiger partial charge < -0.3 is 4.90 Å². The molecule has 1 saturated carbocycles. The standard InChI is InChI=1S/C15H16BrN5O/c16-12-5-17-15(18-6-12)20-7-10(8-20)9-21-14(22)4-3-13(19-21)11-1-2-11/h3-6,10-11H,1-2,7-9H2. The van der Waals surface area contributed by atoms with E-state index in [1.807, 2.05) is 6.07 Å². The molecular formula is C15H16BrN5O. The van der Waals surface area contributed by atoms with Gasteiger partial charge in [0.25, 0.3) is 5.56 Å². The van der Waals surface area contributed by atoms with Gasteiger partial charge in [-0.25, -0.2) is 14.6 Å². The summed E-state index contributed by atoms with van der Waals surface area (Å²) < 4.78 is 2.50. The van der Waals surface area contributed by atoms with Crippen molar-refractivity contribution in [3.8, 4) is 0 Å². The third-order valence-electron chi connectivity index (χ3n) is 4.16. The van der Waals surface area contributed by atoms with Crippen LogP contribution in [0.15, 0.2) is 33.8 Å². The van der Waals surface area contributed by atoms with Crippen molar-refractivity contribution >= 4 is 21.9 Å². The summed E-state index contributed by atoms with van der Waals surface area (Å²) in [5, 5.41) is 4.51. The zero-order valence-corrected chi connectivity index (χ0v) is 13.6. The van der Waals surface area contributed by atoms with Crippen molar-refractivity contribution in [3.05, 3.63) is 45.0 Å². The summed E-state index contributed by atoms with van der Waals surface area (Å²) in [7, 11) is 0. The van der Waals surface area contributed by atoms with E-state index in [2.05, 4.69) is 35.9 Å². The van der Waals surface area contributed by atoms with Crippen LogP contribution in [0.4, 0.5) is 5.95 Å². The van der Waals surface area contributed by atoms with Crippen LogP contribution in [-0.2, 0) is 6.54 Å². The lowest BCUT2D eigenvalue weighted by molar-refractivity contribution is 0.329. The molecule has 22 heavy (non-hydrogen) atoms. The Morgan fingerprint density at radius 2 is 1.91 bits per heavy atom. The number of hydrogen-bond acceptors (Lipinski definition) is 5. The van der Waals surface area contributed by atoms with Crippen molar-refractivity contribution < 1.29 is 0 Å². The second kappa shape index (κ2) is 5.46. The molecule has 0 spiro atoms. The van der Waals surface area contributed by atoms with Crippen LogP contribution in [0.25, 0.3) is 0 Å². The normalized spacial score (nSPS) is 18.3. The van der Waals surface area contributed by atoms with Gasteiger partial charge in [0.15, 0.2) is 0 Å². The summed E-state index contributed by atoms with van der Waals surface area (Å²) in [6.07, 6.45) is 5.90. The van der Waals surface area contributed by atoms with Crippen LogP contribution < -0.4 is 10.5 Å². The SMILES string of the molecule is O=c1ccc(C2CC2)nn1CC1CN(c2ncc(Br)cn2)C1. The molecule has 1 saturated heterocycles. The Labute approximate surface area is 136 Å². The van der Waals surface area contributed by atoms with E-state index in [0.717, 1.165) is 29.2 Å². The molecule has 3 heterocycles. The lowest BCUT2D eigenvalue weighted by Gasteiger charge is -2.39. The highest BCUT2D eigenvalue weighted by molar-refractivity contribution is 9.10. The molecule has 6 nitrogen and oxygen atoms in total. The maximum absolute atomic E-state index is 11.9. The molecule has 1 aliphatic heterocycles. The predicted molar refractivity (Wildman–Crippen MR) is 85.9 cm³/mol. The van der Waals surface area contributed by atoms with Crippen LogP contribution in [0.5, 0.6) is 0 Å². The van der Waals surface area contributed by atoms with Gasteiger partial charge in [0.2, 0.25) is 5.95 Å². The first-order chi connectivity index (χ1) is 10.7. The van der Waals surface area contributed by atoms with Crippen LogP contribution >= 0.6 is 15.9 Å². The summed E-state index contributed by atoms with van der Waals surface area (Å²) in [6.45, 7) is 2.40. The molecule has 0 atom stereocenters. The predicted octanol–water partition coefficient (Wildman–Crippen LogP) is 1.81. The summed E-state index contributed by atoms with van der Waals surface area (Å²) in [5.74, 6) is 1.74. The maximum atomic E-state index is 11.9. The second-order valence-electron chi connectivity index (χ2n) is 6.03. The molecule has 4 rings (SSSR count). The van der Waals surface area contributed by atoms with Gasteiger partial charge in [0.05, 0.1) is 16.7 Å². The molecule has 2 aromatic rings. The number of hydrogen-bond donors (Lipinski definition) is 0. The Kier molecular flexibility index (Phi) is 3.44. The molecular weight excluding hydrogens is 346 g/mol. The summed E-state index contributed by atoms with van der Waals surface area (Å²) >= 11 is 3.33. The third kappa shape index (κ3) is 2.77. The lowest BCUT2D eigenvalue weighted by Crippen LogP contribution is -2.50. The van der Waals surface area contributed by atoms with Gasteiger partial charge in [-0.15, -0.1) is 0 Å². The molecule has 0 bridgehead atoms. The molecule has 0 radical (unpaired) electrons. The van der Waals surface area contributed by atoms with E-state index in [1.165, 1.54) is 12.8 Å². The topological polar surface area (TPSA) is 63.9 Å². The molecule has 0 N–H and O–H groups in total. The molecule has 2 aromatic heterocycles. The van der Waals surface area contributed by atoms with Gasteiger partial charge in [-0.3, -0.25) is 4.79 Å². The molecule has 0 amide bonds. The van der Waals surface area contributed by atoms with E-state index in [4.69, 9.17) is 0 Å². The van der Waals surface area contributed by atoms with Gasteiger partial charge in [-0.05, 0) is 34.8 Å². The first-order valence-corrected chi connectivity index (χ1v) is 8.29. The monoisotopic (exact) mass is 361 g/mol. The molecule has 114 valence electrons. The number of halogens is 1. The van der Waals surface area contributed by atoms with Crippen molar-refractivity contribution in [2.75, 3.05) is 18.0 Å². The first kappa shape index (κ1) is 13.9. The highest BCUT2D eigenvalue weighted by atomic mass is 79.9. The fourth-order valence-corrected chi connectivity index (χ4v) is 2.96. The van der Waals surface area contributed by atoms with Gasteiger partial charge >= 0.3 is 0 Å². The van der Waals surface area contributed by atoms with Gasteiger partial charge in [-0.2, -0.15) is 5.10 Å². The second-order valence-corrected chi connectivity index (χ2v) is 6.94. The van der Waals surface area contributed by atoms with Crippen LogP contribution in [0.1, 0.15) is 24.5 Å². The largest absolute Gasteiger partial charge is 0.340 e. The average molecular weight is 362 g/mol. The quantitative estimate of drug-likeness (QED) is 0.830. The van der Waals surface area contributed by atoms with Crippen molar-refractivity contribution in [1.29, 1.82) is 0 Å².